The molecule has 0 amide bonds. The van der Waals surface area contributed by atoms with Gasteiger partial charge in [-0.05, 0) is 55.0 Å². The summed E-state index contributed by atoms with van der Waals surface area (Å²) in [7, 11) is 7.34. The molecule has 2 nitrogen and oxygen atoms in total. The van der Waals surface area contributed by atoms with Gasteiger partial charge < -0.3 is 9.72 Å². The van der Waals surface area contributed by atoms with Crippen molar-refractivity contribution in [3.8, 4) is 0 Å². The van der Waals surface area contributed by atoms with Crippen LogP contribution in [-0.4, -0.2) is 18.2 Å². The van der Waals surface area contributed by atoms with Crippen molar-refractivity contribution in [2.75, 3.05) is 7.11 Å². The topological polar surface area (TPSA) is 25.0 Å². The Morgan fingerprint density at radius 1 is 1.43 bits per heavy atom. The molecule has 0 bridgehead atoms. The first-order valence-corrected chi connectivity index (χ1v) is 9.08. The third-order valence-electron chi connectivity index (χ3n) is 3.73. The second kappa shape index (κ2) is 10.0. The van der Waals surface area contributed by atoms with Gasteiger partial charge in [-0.25, -0.2) is 0 Å². The van der Waals surface area contributed by atoms with E-state index in [1.807, 2.05) is 6.92 Å². The zero-order valence-electron chi connectivity index (χ0n) is 14.6. The molecule has 1 aromatic rings. The van der Waals surface area contributed by atoms with Crippen molar-refractivity contribution in [3.63, 3.8) is 0 Å². The van der Waals surface area contributed by atoms with Crippen LogP contribution in [0.25, 0.3) is 18.2 Å². The molecule has 0 aromatic carbocycles. The van der Waals surface area contributed by atoms with Crippen LogP contribution in [0.2, 0.25) is 0 Å². The minimum absolute atomic E-state index is 0.210. The van der Waals surface area contributed by atoms with Crippen LogP contribution in [0.3, 0.4) is 0 Å². The second-order valence-electron chi connectivity index (χ2n) is 5.54. The maximum Gasteiger partial charge on any atom is 0.0577 e. The fraction of sp³-hybridized carbons (Fsp3) is 0.368. The molecular formula is C19H29NOP2. The highest BCUT2D eigenvalue weighted by atomic mass is 31.0. The van der Waals surface area contributed by atoms with Crippen molar-refractivity contribution in [2.45, 2.75) is 39.7 Å². The molecule has 23 heavy (non-hydrogen) atoms. The number of aromatic nitrogens is 1. The lowest BCUT2D eigenvalue weighted by molar-refractivity contribution is 0.121. The number of aromatic amines is 1. The number of H-pyrrole nitrogens is 1. The number of hydrogen-bond acceptors (Lipinski definition) is 1. The van der Waals surface area contributed by atoms with Gasteiger partial charge in [-0.1, -0.05) is 31.7 Å². The van der Waals surface area contributed by atoms with E-state index in [-0.39, 0.29) is 6.10 Å². The monoisotopic (exact) mass is 349 g/mol. The Hall–Kier alpha value is -0.940. The molecule has 0 aliphatic rings. The highest BCUT2D eigenvalue weighted by Gasteiger charge is 2.03. The van der Waals surface area contributed by atoms with Gasteiger partial charge in [-0.15, -0.1) is 18.5 Å². The molecule has 126 valence electrons. The molecule has 3 unspecified atom stereocenters. The van der Waals surface area contributed by atoms with Crippen LogP contribution >= 0.6 is 18.5 Å². The van der Waals surface area contributed by atoms with E-state index in [9.17, 15) is 0 Å². The van der Waals surface area contributed by atoms with E-state index in [1.165, 1.54) is 10.6 Å². The van der Waals surface area contributed by atoms with Gasteiger partial charge in [0, 0.05) is 23.4 Å². The molecule has 1 heterocycles. The maximum absolute atomic E-state index is 5.33. The average molecular weight is 349 g/mol. The van der Waals surface area contributed by atoms with E-state index in [0.717, 1.165) is 34.7 Å². The number of ether oxygens (including phenoxy) is 1. The SMILES string of the molecule is C=c1[nH]c(C(/C=C\C)=C/CC(C)OC)c/c1=C/C(P)=C(/P)CC. The Morgan fingerprint density at radius 3 is 2.70 bits per heavy atom. The van der Waals surface area contributed by atoms with Crippen molar-refractivity contribution in [1.82, 2.24) is 4.98 Å². The molecule has 0 radical (unpaired) electrons. The van der Waals surface area contributed by atoms with Crippen molar-refractivity contribution in [3.05, 3.63) is 51.2 Å². The summed E-state index contributed by atoms with van der Waals surface area (Å²) in [6.07, 6.45) is 10.6. The van der Waals surface area contributed by atoms with E-state index >= 15 is 0 Å². The Labute approximate surface area is 144 Å². The van der Waals surface area contributed by atoms with Gasteiger partial charge in [-0.3, -0.25) is 0 Å². The summed E-state index contributed by atoms with van der Waals surface area (Å²) >= 11 is 0. The lowest BCUT2D eigenvalue weighted by Gasteiger charge is -2.06. The lowest BCUT2D eigenvalue weighted by Crippen LogP contribution is -2.19. The zero-order chi connectivity index (χ0) is 17.4. The van der Waals surface area contributed by atoms with E-state index in [4.69, 9.17) is 4.74 Å². The summed E-state index contributed by atoms with van der Waals surface area (Å²) in [6, 6.07) is 2.16. The van der Waals surface area contributed by atoms with Crippen LogP contribution in [0.1, 0.15) is 39.3 Å². The Balaban J connectivity index is 3.26. The first kappa shape index (κ1) is 20.1. The molecule has 1 aromatic heterocycles. The van der Waals surface area contributed by atoms with Crippen LogP contribution in [0.4, 0.5) is 0 Å². The average Bonchev–Trinajstić information content (AvgIpc) is 2.90. The van der Waals surface area contributed by atoms with Crippen LogP contribution < -0.4 is 10.6 Å². The summed E-state index contributed by atoms with van der Waals surface area (Å²) in [6.45, 7) is 10.4. The third-order valence-corrected chi connectivity index (χ3v) is 5.34. The number of nitrogens with one attached hydrogen (secondary N) is 1. The van der Waals surface area contributed by atoms with Gasteiger partial charge in [0.1, 0.15) is 0 Å². The lowest BCUT2D eigenvalue weighted by atomic mass is 10.1. The minimum Gasteiger partial charge on any atom is -0.381 e. The first-order chi connectivity index (χ1) is 10.9. The molecule has 0 spiro atoms. The van der Waals surface area contributed by atoms with Gasteiger partial charge in [-0.2, -0.15) is 0 Å². The molecule has 0 saturated heterocycles. The molecule has 0 aliphatic carbocycles. The fourth-order valence-electron chi connectivity index (χ4n) is 2.10. The highest BCUT2D eigenvalue weighted by molar-refractivity contribution is 7.28. The van der Waals surface area contributed by atoms with Gasteiger partial charge in [0.05, 0.1) is 6.10 Å². The maximum atomic E-state index is 5.33. The predicted octanol–water partition coefficient (Wildman–Crippen LogP) is 3.96. The number of methoxy groups -OCH3 is 1. The van der Waals surface area contributed by atoms with E-state index in [0.29, 0.717) is 0 Å². The molecule has 1 N–H and O–H groups in total. The summed E-state index contributed by atoms with van der Waals surface area (Å²) in [5, 5.41) is 4.53. The van der Waals surface area contributed by atoms with Crippen LogP contribution in [-0.2, 0) is 4.74 Å². The summed E-state index contributed by atoms with van der Waals surface area (Å²) < 4.78 is 5.33. The first-order valence-electron chi connectivity index (χ1n) is 7.92. The molecule has 0 fully saturated rings. The van der Waals surface area contributed by atoms with E-state index in [2.05, 4.69) is 74.3 Å². The quantitative estimate of drug-likeness (QED) is 0.585. The number of allylic oxidation sites excluding steroid dienone is 5. The Kier molecular flexibility index (Phi) is 8.77. The second-order valence-corrected chi connectivity index (χ2v) is 6.86. The van der Waals surface area contributed by atoms with Gasteiger partial charge in [0.2, 0.25) is 0 Å². The van der Waals surface area contributed by atoms with Crippen LogP contribution in [0.5, 0.6) is 0 Å². The highest BCUT2D eigenvalue weighted by Crippen LogP contribution is 2.22. The minimum atomic E-state index is 0.210. The van der Waals surface area contributed by atoms with Crippen molar-refractivity contribution in [1.29, 1.82) is 0 Å². The summed E-state index contributed by atoms with van der Waals surface area (Å²) in [5.41, 5.74) is 2.25. The Bertz CT molecular complexity index is 710. The molecule has 4 heteroatoms. The molecule has 3 atom stereocenters. The number of hydrogen-bond donors (Lipinski definition) is 1. The third kappa shape index (κ3) is 6.22. The molecule has 0 saturated carbocycles. The van der Waals surface area contributed by atoms with Crippen molar-refractivity contribution < 1.29 is 4.74 Å². The van der Waals surface area contributed by atoms with Crippen molar-refractivity contribution >= 4 is 36.7 Å². The van der Waals surface area contributed by atoms with E-state index in [1.54, 1.807) is 7.11 Å². The molecule has 1 rings (SSSR count). The van der Waals surface area contributed by atoms with Crippen LogP contribution in [0, 0.1) is 0 Å². The standard InChI is InChI=1S/C19H29NOP2/c1-6-8-15(10-9-13(3)21-5)17-11-16(14(4)20-17)12-19(23)18(22)7-2/h6,8,10-13,20H,4,7,9,22-23H2,1-3,5H3/b8-6-,15-10+,16-12-,19-18-. The van der Waals surface area contributed by atoms with Gasteiger partial charge in [0.15, 0.2) is 0 Å². The van der Waals surface area contributed by atoms with Crippen LogP contribution in [0.15, 0.2) is 34.9 Å². The largest absolute Gasteiger partial charge is 0.381 e. The summed E-state index contributed by atoms with van der Waals surface area (Å²) in [4.78, 5) is 3.39. The van der Waals surface area contributed by atoms with E-state index < -0.39 is 0 Å². The number of rotatable bonds is 7. The molecular weight excluding hydrogens is 320 g/mol. The smallest absolute Gasteiger partial charge is 0.0577 e. The Morgan fingerprint density at radius 2 is 2.13 bits per heavy atom. The normalized spacial score (nSPS) is 16.1. The van der Waals surface area contributed by atoms with Gasteiger partial charge in [0.25, 0.3) is 0 Å². The fourth-order valence-corrected chi connectivity index (χ4v) is 2.57. The van der Waals surface area contributed by atoms with Crippen molar-refractivity contribution in [2.24, 2.45) is 0 Å². The molecule has 0 aliphatic heterocycles. The zero-order valence-corrected chi connectivity index (χ0v) is 17.0. The van der Waals surface area contributed by atoms with Gasteiger partial charge >= 0.3 is 0 Å². The summed E-state index contributed by atoms with van der Waals surface area (Å²) in [5.74, 6) is 0. The predicted molar refractivity (Wildman–Crippen MR) is 111 cm³/mol.